The summed E-state index contributed by atoms with van der Waals surface area (Å²) in [5.74, 6) is -0.188. The highest BCUT2D eigenvalue weighted by molar-refractivity contribution is 7.90. The predicted octanol–water partition coefficient (Wildman–Crippen LogP) is 4.94. The van der Waals surface area contributed by atoms with Crippen molar-refractivity contribution in [1.82, 2.24) is 10.3 Å². The van der Waals surface area contributed by atoms with Gasteiger partial charge in [-0.2, -0.15) is 0 Å². The summed E-state index contributed by atoms with van der Waals surface area (Å²) in [5.41, 5.74) is 2.09. The van der Waals surface area contributed by atoms with E-state index in [-0.39, 0.29) is 23.3 Å². The Labute approximate surface area is 183 Å². The van der Waals surface area contributed by atoms with Crippen LogP contribution in [0, 0.1) is 0 Å². The molecule has 9 heteroatoms. The van der Waals surface area contributed by atoms with E-state index in [0.29, 0.717) is 26.3 Å². The van der Waals surface area contributed by atoms with E-state index in [1.165, 1.54) is 23.5 Å². The maximum atomic E-state index is 12.4. The number of carbonyl (C=O) groups is 1. The van der Waals surface area contributed by atoms with Crippen LogP contribution in [-0.2, 0) is 21.1 Å². The number of amides is 1. The molecule has 0 fully saturated rings. The fourth-order valence-corrected chi connectivity index (χ4v) is 4.96. The molecule has 1 heterocycles. The van der Waals surface area contributed by atoms with Crippen molar-refractivity contribution in [1.29, 1.82) is 0 Å². The van der Waals surface area contributed by atoms with Crippen molar-refractivity contribution < 1.29 is 13.2 Å². The third kappa shape index (κ3) is 5.36. The summed E-state index contributed by atoms with van der Waals surface area (Å²) in [6.45, 7) is 1.84. The number of nitrogens with one attached hydrogen (secondary N) is 1. The van der Waals surface area contributed by atoms with Crippen LogP contribution in [0.4, 0.5) is 0 Å². The van der Waals surface area contributed by atoms with Crippen molar-refractivity contribution in [3.05, 3.63) is 69.1 Å². The lowest BCUT2D eigenvalue weighted by Gasteiger charge is -2.14. The Hall–Kier alpha value is -1.93. The number of rotatable bonds is 6. The van der Waals surface area contributed by atoms with E-state index >= 15 is 0 Å². The number of hydrogen-bond acceptors (Lipinski definition) is 5. The van der Waals surface area contributed by atoms with Gasteiger partial charge in [0, 0.05) is 17.2 Å². The van der Waals surface area contributed by atoms with Crippen molar-refractivity contribution in [3.63, 3.8) is 0 Å². The Bertz CT molecular complexity index is 1120. The topological polar surface area (TPSA) is 76.1 Å². The third-order valence-corrected chi connectivity index (χ3v) is 6.92. The van der Waals surface area contributed by atoms with Gasteiger partial charge in [0.2, 0.25) is 5.91 Å². The minimum atomic E-state index is -3.25. The fourth-order valence-electron chi connectivity index (χ4n) is 2.75. The third-order valence-electron chi connectivity index (χ3n) is 4.26. The fraction of sp³-hybridized carbons (Fsp3) is 0.200. The van der Waals surface area contributed by atoms with E-state index in [1.54, 1.807) is 35.7 Å². The number of nitrogens with zero attached hydrogens (tertiary/aromatic N) is 1. The van der Waals surface area contributed by atoms with Gasteiger partial charge in [-0.25, -0.2) is 13.4 Å². The van der Waals surface area contributed by atoms with Crippen molar-refractivity contribution in [2.75, 3.05) is 6.26 Å². The molecule has 0 bridgehead atoms. The number of aromatic nitrogens is 1. The van der Waals surface area contributed by atoms with Crippen LogP contribution in [0.3, 0.4) is 0 Å². The zero-order valence-electron chi connectivity index (χ0n) is 15.6. The van der Waals surface area contributed by atoms with Crippen LogP contribution in [0.2, 0.25) is 10.0 Å². The van der Waals surface area contributed by atoms with Gasteiger partial charge in [-0.15, -0.1) is 11.3 Å². The molecule has 0 spiro atoms. The molecule has 1 aromatic heterocycles. The molecule has 0 radical (unpaired) electrons. The van der Waals surface area contributed by atoms with E-state index in [4.69, 9.17) is 23.2 Å². The Morgan fingerprint density at radius 3 is 2.34 bits per heavy atom. The molecule has 29 heavy (non-hydrogen) atoms. The minimum Gasteiger partial charge on any atom is -0.349 e. The van der Waals surface area contributed by atoms with Crippen molar-refractivity contribution >= 4 is 50.3 Å². The molecular formula is C20H18Cl2N2O3S2. The van der Waals surface area contributed by atoms with E-state index in [2.05, 4.69) is 10.3 Å². The van der Waals surface area contributed by atoms with Gasteiger partial charge in [-0.05, 0) is 36.8 Å². The van der Waals surface area contributed by atoms with Crippen LogP contribution >= 0.6 is 34.5 Å². The van der Waals surface area contributed by atoms with Gasteiger partial charge in [0.15, 0.2) is 9.84 Å². The van der Waals surface area contributed by atoms with Gasteiger partial charge < -0.3 is 5.32 Å². The van der Waals surface area contributed by atoms with E-state index < -0.39 is 9.84 Å². The molecule has 0 unspecified atom stereocenters. The Morgan fingerprint density at radius 1 is 1.14 bits per heavy atom. The summed E-state index contributed by atoms with van der Waals surface area (Å²) in [7, 11) is -3.25. The van der Waals surface area contributed by atoms with E-state index in [1.807, 2.05) is 6.92 Å². The van der Waals surface area contributed by atoms with Gasteiger partial charge in [0.25, 0.3) is 0 Å². The smallest absolute Gasteiger partial charge is 0.226 e. The van der Waals surface area contributed by atoms with Gasteiger partial charge in [0.1, 0.15) is 5.01 Å². The lowest BCUT2D eigenvalue weighted by Crippen LogP contribution is -2.28. The number of thiazole rings is 1. The summed E-state index contributed by atoms with van der Waals surface area (Å²) in [6, 6.07) is 11.4. The van der Waals surface area contributed by atoms with Crippen molar-refractivity contribution in [2.24, 2.45) is 0 Å². The van der Waals surface area contributed by atoms with Gasteiger partial charge in [0.05, 0.1) is 33.1 Å². The molecule has 0 saturated heterocycles. The molecule has 0 aliphatic heterocycles. The highest BCUT2D eigenvalue weighted by atomic mass is 35.5. The second kappa shape index (κ2) is 8.83. The second-order valence-electron chi connectivity index (χ2n) is 6.55. The van der Waals surface area contributed by atoms with Crippen LogP contribution in [0.5, 0.6) is 0 Å². The summed E-state index contributed by atoms with van der Waals surface area (Å²) in [5, 5.41) is 6.38. The van der Waals surface area contributed by atoms with Gasteiger partial charge in [-0.3, -0.25) is 4.79 Å². The zero-order valence-corrected chi connectivity index (χ0v) is 18.8. The summed E-state index contributed by atoms with van der Waals surface area (Å²) in [4.78, 5) is 17.1. The summed E-state index contributed by atoms with van der Waals surface area (Å²) in [6.07, 6.45) is 1.27. The van der Waals surface area contributed by atoms with Crippen molar-refractivity contribution in [3.8, 4) is 10.6 Å². The molecule has 3 aromatic rings. The van der Waals surface area contributed by atoms with Crippen LogP contribution in [0.15, 0.2) is 52.7 Å². The minimum absolute atomic E-state index is 0.115. The lowest BCUT2D eigenvalue weighted by molar-refractivity contribution is -0.121. The average Bonchev–Trinajstić information content (AvgIpc) is 3.08. The number of hydrogen-bond donors (Lipinski definition) is 1. The number of carbonyl (C=O) groups excluding carboxylic acids is 1. The first-order chi connectivity index (χ1) is 13.6. The first-order valence-electron chi connectivity index (χ1n) is 8.63. The molecule has 152 valence electrons. The molecule has 0 saturated carbocycles. The average molecular weight is 469 g/mol. The highest BCUT2D eigenvalue weighted by Gasteiger charge is 2.16. The number of benzene rings is 2. The summed E-state index contributed by atoms with van der Waals surface area (Å²) < 4.78 is 23.1. The maximum Gasteiger partial charge on any atom is 0.226 e. The monoisotopic (exact) mass is 468 g/mol. The second-order valence-corrected chi connectivity index (χ2v) is 10.2. The van der Waals surface area contributed by atoms with Gasteiger partial charge >= 0.3 is 0 Å². The molecule has 5 nitrogen and oxygen atoms in total. The zero-order chi connectivity index (χ0) is 21.2. The highest BCUT2D eigenvalue weighted by Crippen LogP contribution is 2.36. The summed E-state index contributed by atoms with van der Waals surface area (Å²) >= 11 is 13.8. The normalized spacial score (nSPS) is 12.6. The molecule has 3 rings (SSSR count). The molecule has 2 aromatic carbocycles. The van der Waals surface area contributed by atoms with Crippen LogP contribution in [0.25, 0.3) is 10.6 Å². The Kier molecular flexibility index (Phi) is 6.63. The quantitative estimate of drug-likeness (QED) is 0.555. The molecule has 1 amide bonds. The number of sulfone groups is 1. The largest absolute Gasteiger partial charge is 0.349 e. The van der Waals surface area contributed by atoms with Crippen molar-refractivity contribution in [2.45, 2.75) is 24.3 Å². The molecule has 0 aliphatic carbocycles. The first kappa shape index (κ1) is 21.8. The first-order valence-corrected chi connectivity index (χ1v) is 12.2. The SMILES string of the molecule is C[C@H](NC(=O)Cc1csc(-c2c(Cl)cccc2Cl)n1)c1ccc(S(C)(=O)=O)cc1. The van der Waals surface area contributed by atoms with Crippen LogP contribution in [0.1, 0.15) is 24.2 Å². The van der Waals surface area contributed by atoms with Crippen LogP contribution < -0.4 is 5.32 Å². The molecule has 0 aliphatic rings. The predicted molar refractivity (Wildman–Crippen MR) is 117 cm³/mol. The van der Waals surface area contributed by atoms with E-state index in [0.717, 1.165) is 11.8 Å². The Morgan fingerprint density at radius 2 is 1.76 bits per heavy atom. The molecule has 1 atom stereocenters. The standard InChI is InChI=1S/C20H18Cl2N2O3S2/c1-12(13-6-8-15(9-7-13)29(2,26)27)23-18(25)10-14-11-28-20(24-14)19-16(21)4-3-5-17(19)22/h3-9,11-12H,10H2,1-2H3,(H,23,25)/t12-/m0/s1. The van der Waals surface area contributed by atoms with E-state index in [9.17, 15) is 13.2 Å². The maximum absolute atomic E-state index is 12.4. The van der Waals surface area contributed by atoms with Crippen LogP contribution in [-0.4, -0.2) is 25.6 Å². The van der Waals surface area contributed by atoms with Gasteiger partial charge in [-0.1, -0.05) is 41.4 Å². The molecule has 1 N–H and O–H groups in total. The number of halogens is 2. The lowest BCUT2D eigenvalue weighted by atomic mass is 10.1. The molecular weight excluding hydrogens is 451 g/mol. The Balaban J connectivity index is 1.66.